The summed E-state index contributed by atoms with van der Waals surface area (Å²) in [7, 11) is 0. The first-order valence-electron chi connectivity index (χ1n) is 7.61. The van der Waals surface area contributed by atoms with Crippen LogP contribution in [0.15, 0.2) is 0 Å². The Hall–Kier alpha value is -1.72. The molecule has 4 rings (SSSR count). The van der Waals surface area contributed by atoms with Crippen LogP contribution in [-0.4, -0.2) is 71.5 Å². The molecule has 4 bridgehead atoms. The molecule has 3 atom stereocenters. The summed E-state index contributed by atoms with van der Waals surface area (Å²) in [4.78, 5) is 10.7. The van der Waals surface area contributed by atoms with Gasteiger partial charge in [-0.15, -0.1) is 0 Å². The topological polar surface area (TPSA) is 26.3 Å². The highest BCUT2D eigenvalue weighted by Gasteiger charge is 3.21. The number of alkyl halides is 17. The van der Waals surface area contributed by atoms with Crippen molar-refractivity contribution in [1.82, 2.24) is 0 Å². The SMILES string of the molecule is O=C(CF)OC(F)(F)C12C(F)C3(F)C(F)(F)C(F)(C(F)(F)C(F)(C3(F)F)C1(F)F)C2(F)F. The molecular formula is C13H3F17O2. The Labute approximate surface area is 162 Å². The van der Waals surface area contributed by atoms with Crippen LogP contribution in [0.3, 0.4) is 0 Å². The molecule has 4 aliphatic carbocycles. The highest BCUT2D eigenvalue weighted by Crippen LogP contribution is 2.89. The second-order valence-corrected chi connectivity index (χ2v) is 7.20. The van der Waals surface area contributed by atoms with E-state index in [-0.39, 0.29) is 0 Å². The molecule has 0 saturated heterocycles. The molecule has 4 saturated carbocycles. The van der Waals surface area contributed by atoms with E-state index in [1.807, 2.05) is 0 Å². The highest BCUT2D eigenvalue weighted by atomic mass is 19.3. The predicted octanol–water partition coefficient (Wildman–Crippen LogP) is 4.76. The molecule has 0 spiro atoms. The van der Waals surface area contributed by atoms with Crippen molar-refractivity contribution in [2.24, 2.45) is 5.41 Å². The number of hydrogen-bond donors (Lipinski definition) is 0. The van der Waals surface area contributed by atoms with E-state index in [2.05, 4.69) is 4.74 Å². The fraction of sp³-hybridized carbons (Fsp3) is 0.923. The number of ether oxygens (including phenoxy) is 1. The number of hydrogen-bond acceptors (Lipinski definition) is 2. The van der Waals surface area contributed by atoms with E-state index in [9.17, 15) is 79.4 Å². The van der Waals surface area contributed by atoms with Gasteiger partial charge in [-0.2, -0.15) is 35.1 Å². The maximum absolute atomic E-state index is 14.7. The lowest BCUT2D eigenvalue weighted by molar-refractivity contribution is -0.610. The summed E-state index contributed by atoms with van der Waals surface area (Å²) < 4.78 is 244. The third kappa shape index (κ3) is 1.56. The number of rotatable bonds is 3. The second-order valence-electron chi connectivity index (χ2n) is 7.20. The fourth-order valence-corrected chi connectivity index (χ4v) is 4.56. The molecule has 0 aromatic carbocycles. The van der Waals surface area contributed by atoms with Crippen LogP contribution in [0.4, 0.5) is 74.6 Å². The summed E-state index contributed by atoms with van der Waals surface area (Å²) in [5.74, 6) is -43.2. The Bertz CT molecular complexity index is 838. The highest BCUT2D eigenvalue weighted by molar-refractivity contribution is 5.71. The Morgan fingerprint density at radius 1 is 0.688 bits per heavy atom. The molecule has 0 heterocycles. The molecule has 0 amide bonds. The molecule has 32 heavy (non-hydrogen) atoms. The van der Waals surface area contributed by atoms with Gasteiger partial charge < -0.3 is 4.74 Å². The Kier molecular flexibility index (Phi) is 4.15. The monoisotopic (exact) mass is 514 g/mol. The lowest BCUT2D eigenvalue weighted by Gasteiger charge is -2.74. The van der Waals surface area contributed by atoms with E-state index in [4.69, 9.17) is 0 Å². The van der Waals surface area contributed by atoms with Crippen LogP contribution in [-0.2, 0) is 9.53 Å². The van der Waals surface area contributed by atoms with E-state index in [1.54, 1.807) is 0 Å². The molecule has 0 aliphatic heterocycles. The normalized spacial score (nSPS) is 46.7. The minimum absolute atomic E-state index is 2.37. The largest absolute Gasteiger partial charge is 0.420 e. The molecule has 0 aromatic rings. The zero-order chi connectivity index (χ0) is 25.6. The molecule has 0 N–H and O–H groups in total. The first-order chi connectivity index (χ1) is 13.9. The lowest BCUT2D eigenvalue weighted by atomic mass is 9.37. The fourth-order valence-electron chi connectivity index (χ4n) is 4.56. The van der Waals surface area contributed by atoms with Gasteiger partial charge in [-0.05, 0) is 0 Å². The standard InChI is InChI=1S/C13H3F17O2/c14-1-2(31)32-13(29,30)4-3(15)5(16)10(23,24)6(17,8(4,19)20)12(27,28)7(18,9(4,21)22)11(5,25)26/h3H,1H2. The summed E-state index contributed by atoms with van der Waals surface area (Å²) in [6.07, 6.45) is -13.9. The van der Waals surface area contributed by atoms with E-state index < -0.39 is 77.0 Å². The molecule has 0 radical (unpaired) electrons. The zero-order valence-electron chi connectivity index (χ0n) is 14.0. The Morgan fingerprint density at radius 3 is 1.34 bits per heavy atom. The molecule has 0 aromatic heterocycles. The third-order valence-corrected chi connectivity index (χ3v) is 6.04. The molecule has 4 fully saturated rings. The first kappa shape index (κ1) is 24.9. The van der Waals surface area contributed by atoms with Crippen molar-refractivity contribution < 1.29 is 84.2 Å². The average Bonchev–Trinajstić information content (AvgIpc) is 2.61. The van der Waals surface area contributed by atoms with Crippen LogP contribution in [0.2, 0.25) is 0 Å². The Morgan fingerprint density at radius 2 is 1.03 bits per heavy atom. The van der Waals surface area contributed by atoms with Crippen LogP contribution in [0, 0.1) is 5.41 Å². The average molecular weight is 514 g/mol. The predicted molar refractivity (Wildman–Crippen MR) is 60.6 cm³/mol. The minimum Gasteiger partial charge on any atom is -0.398 e. The van der Waals surface area contributed by atoms with Gasteiger partial charge in [-0.3, -0.25) is 0 Å². The van der Waals surface area contributed by atoms with Crippen molar-refractivity contribution in [3.8, 4) is 0 Å². The van der Waals surface area contributed by atoms with Crippen molar-refractivity contribution in [2.45, 2.75) is 58.9 Å². The van der Waals surface area contributed by atoms with Crippen molar-refractivity contribution in [2.75, 3.05) is 6.67 Å². The third-order valence-electron chi connectivity index (χ3n) is 6.04. The zero-order valence-corrected chi connectivity index (χ0v) is 14.0. The molecule has 3 unspecified atom stereocenters. The van der Waals surface area contributed by atoms with Gasteiger partial charge in [0.15, 0.2) is 12.8 Å². The second kappa shape index (κ2) is 5.33. The van der Waals surface area contributed by atoms with Gasteiger partial charge in [-0.1, -0.05) is 0 Å². The van der Waals surface area contributed by atoms with Crippen LogP contribution in [0.25, 0.3) is 0 Å². The van der Waals surface area contributed by atoms with Crippen LogP contribution >= 0.6 is 0 Å². The summed E-state index contributed by atoms with van der Waals surface area (Å²) in [5.41, 5.74) is -31.2. The van der Waals surface area contributed by atoms with Gasteiger partial charge in [0.1, 0.15) is 0 Å². The maximum Gasteiger partial charge on any atom is 0.420 e. The van der Waals surface area contributed by atoms with Gasteiger partial charge in [0.25, 0.3) is 5.67 Å². The maximum atomic E-state index is 14.7. The quantitative estimate of drug-likeness (QED) is 0.402. The van der Waals surface area contributed by atoms with E-state index in [0.29, 0.717) is 0 Å². The number of halogens is 17. The lowest BCUT2D eigenvalue weighted by Crippen LogP contribution is -3.07. The van der Waals surface area contributed by atoms with E-state index in [1.165, 1.54) is 0 Å². The summed E-state index contributed by atoms with van der Waals surface area (Å²) in [6, 6.07) is 0. The van der Waals surface area contributed by atoms with Crippen molar-refractivity contribution in [3.63, 3.8) is 0 Å². The van der Waals surface area contributed by atoms with Crippen molar-refractivity contribution >= 4 is 5.97 Å². The molecular weight excluding hydrogens is 511 g/mol. The molecule has 19 heteroatoms. The van der Waals surface area contributed by atoms with Gasteiger partial charge >= 0.3 is 53.0 Å². The minimum atomic E-state index is -8.08. The Balaban J connectivity index is 2.64. The molecule has 186 valence electrons. The smallest absolute Gasteiger partial charge is 0.398 e. The van der Waals surface area contributed by atoms with Crippen LogP contribution in [0.5, 0.6) is 0 Å². The van der Waals surface area contributed by atoms with Crippen molar-refractivity contribution in [3.05, 3.63) is 0 Å². The van der Waals surface area contributed by atoms with Crippen LogP contribution < -0.4 is 0 Å². The van der Waals surface area contributed by atoms with Gasteiger partial charge in [-0.25, -0.2) is 44.3 Å². The van der Waals surface area contributed by atoms with Gasteiger partial charge in [0.05, 0.1) is 0 Å². The van der Waals surface area contributed by atoms with Crippen LogP contribution in [0.1, 0.15) is 0 Å². The number of carbonyl (C=O) groups excluding carboxylic acids is 1. The van der Waals surface area contributed by atoms with Crippen molar-refractivity contribution in [1.29, 1.82) is 0 Å². The first-order valence-corrected chi connectivity index (χ1v) is 7.61. The summed E-state index contributed by atoms with van der Waals surface area (Å²) in [5, 5.41) is 0. The number of carbonyl (C=O) groups is 1. The summed E-state index contributed by atoms with van der Waals surface area (Å²) in [6.45, 7) is -2.90. The van der Waals surface area contributed by atoms with Gasteiger partial charge in [0, 0.05) is 0 Å². The molecule has 4 aliphatic rings. The number of esters is 1. The summed E-state index contributed by atoms with van der Waals surface area (Å²) >= 11 is 0. The molecule has 2 nitrogen and oxygen atoms in total. The van der Waals surface area contributed by atoms with Gasteiger partial charge in [0.2, 0.25) is 5.41 Å². The van der Waals surface area contributed by atoms with E-state index in [0.717, 1.165) is 0 Å². The van der Waals surface area contributed by atoms with E-state index >= 15 is 0 Å².